The van der Waals surface area contributed by atoms with E-state index < -0.39 is 6.04 Å². The van der Waals surface area contributed by atoms with E-state index in [1.165, 1.54) is 7.11 Å². The summed E-state index contributed by atoms with van der Waals surface area (Å²) in [6.07, 6.45) is 0. The van der Waals surface area contributed by atoms with Gasteiger partial charge in [0.05, 0.1) is 25.3 Å². The Labute approximate surface area is 94.5 Å². The van der Waals surface area contributed by atoms with E-state index in [0.717, 1.165) is 5.56 Å². The predicted molar refractivity (Wildman–Crippen MR) is 59.0 cm³/mol. The topological polar surface area (TPSA) is 72.5 Å². The van der Waals surface area contributed by atoms with Crippen molar-refractivity contribution in [3.05, 3.63) is 35.4 Å². The Hall–Kier alpha value is -1.10. The van der Waals surface area contributed by atoms with Gasteiger partial charge in [-0.15, -0.1) is 12.4 Å². The number of carbonyl (C=O) groups excluding carboxylic acids is 1. The standard InChI is InChI=1S/C10H13NO3.ClH/c1-14-10(13)8-4-2-7(3-5-8)9(11)6-12;/h2-5,9,12H,6,11H2,1H3;1H/t9-;/m0./s1. The molecule has 0 amide bonds. The van der Waals surface area contributed by atoms with E-state index in [2.05, 4.69) is 4.74 Å². The van der Waals surface area contributed by atoms with Gasteiger partial charge < -0.3 is 15.6 Å². The molecule has 0 spiro atoms. The van der Waals surface area contributed by atoms with Crippen LogP contribution in [0.15, 0.2) is 24.3 Å². The van der Waals surface area contributed by atoms with E-state index in [-0.39, 0.29) is 25.0 Å². The van der Waals surface area contributed by atoms with Gasteiger partial charge in [-0.05, 0) is 17.7 Å². The molecule has 15 heavy (non-hydrogen) atoms. The van der Waals surface area contributed by atoms with Crippen molar-refractivity contribution in [1.29, 1.82) is 0 Å². The second-order valence-corrected chi connectivity index (χ2v) is 2.90. The number of nitrogens with two attached hydrogens (primary N) is 1. The molecule has 1 rings (SSSR count). The van der Waals surface area contributed by atoms with Gasteiger partial charge in [0.1, 0.15) is 0 Å². The van der Waals surface area contributed by atoms with Crippen LogP contribution in [-0.4, -0.2) is 24.8 Å². The van der Waals surface area contributed by atoms with Crippen molar-refractivity contribution in [3.63, 3.8) is 0 Å². The average Bonchev–Trinajstić information content (AvgIpc) is 2.27. The third-order valence-corrected chi connectivity index (χ3v) is 1.96. The van der Waals surface area contributed by atoms with Crippen LogP contribution in [0.5, 0.6) is 0 Å². The molecule has 0 radical (unpaired) electrons. The minimum absolute atomic E-state index is 0. The Balaban J connectivity index is 0.00000196. The molecule has 0 aliphatic heterocycles. The zero-order valence-corrected chi connectivity index (χ0v) is 9.16. The maximum absolute atomic E-state index is 11.1. The number of benzene rings is 1. The number of aliphatic hydroxyl groups is 1. The van der Waals surface area contributed by atoms with E-state index in [1.807, 2.05) is 0 Å². The molecule has 0 heterocycles. The molecule has 1 aromatic carbocycles. The summed E-state index contributed by atoms with van der Waals surface area (Å²) in [6, 6.07) is 6.25. The fourth-order valence-corrected chi connectivity index (χ4v) is 1.09. The van der Waals surface area contributed by atoms with Crippen molar-refractivity contribution in [2.75, 3.05) is 13.7 Å². The molecule has 0 fully saturated rings. The lowest BCUT2D eigenvalue weighted by atomic mass is 10.1. The molecule has 1 atom stereocenters. The van der Waals surface area contributed by atoms with E-state index in [1.54, 1.807) is 24.3 Å². The molecular weight excluding hydrogens is 218 g/mol. The highest BCUT2D eigenvalue weighted by Gasteiger charge is 2.07. The van der Waals surface area contributed by atoms with Crippen LogP contribution >= 0.6 is 12.4 Å². The summed E-state index contributed by atoms with van der Waals surface area (Å²) < 4.78 is 4.54. The van der Waals surface area contributed by atoms with Gasteiger partial charge in [-0.3, -0.25) is 0 Å². The lowest BCUT2D eigenvalue weighted by molar-refractivity contribution is 0.0600. The molecule has 84 valence electrons. The number of hydrogen-bond acceptors (Lipinski definition) is 4. The van der Waals surface area contributed by atoms with Crippen LogP contribution in [0.25, 0.3) is 0 Å². The number of aliphatic hydroxyl groups excluding tert-OH is 1. The summed E-state index contributed by atoms with van der Waals surface area (Å²) in [5.74, 6) is -0.380. The molecule has 0 unspecified atom stereocenters. The number of halogens is 1. The van der Waals surface area contributed by atoms with E-state index in [4.69, 9.17) is 10.8 Å². The Morgan fingerprint density at radius 3 is 2.40 bits per heavy atom. The Morgan fingerprint density at radius 1 is 1.47 bits per heavy atom. The molecule has 0 saturated heterocycles. The number of rotatable bonds is 3. The molecule has 0 saturated carbocycles. The summed E-state index contributed by atoms with van der Waals surface area (Å²) in [4.78, 5) is 11.1. The van der Waals surface area contributed by atoms with Crippen molar-refractivity contribution >= 4 is 18.4 Å². The lowest BCUT2D eigenvalue weighted by Gasteiger charge is -2.08. The van der Waals surface area contributed by atoms with Crippen LogP contribution in [0, 0.1) is 0 Å². The zero-order chi connectivity index (χ0) is 10.6. The van der Waals surface area contributed by atoms with Gasteiger partial charge >= 0.3 is 5.97 Å². The molecule has 0 aliphatic carbocycles. The number of carbonyl (C=O) groups is 1. The fraction of sp³-hybridized carbons (Fsp3) is 0.300. The first kappa shape index (κ1) is 13.9. The van der Waals surface area contributed by atoms with E-state index in [9.17, 15) is 4.79 Å². The van der Waals surface area contributed by atoms with Crippen LogP contribution in [0.1, 0.15) is 22.0 Å². The third-order valence-electron chi connectivity index (χ3n) is 1.96. The molecule has 5 heteroatoms. The quantitative estimate of drug-likeness (QED) is 0.758. The van der Waals surface area contributed by atoms with Gasteiger partial charge in [0.15, 0.2) is 0 Å². The van der Waals surface area contributed by atoms with Gasteiger partial charge in [-0.1, -0.05) is 12.1 Å². The second-order valence-electron chi connectivity index (χ2n) is 2.90. The first-order valence-corrected chi connectivity index (χ1v) is 4.23. The first-order chi connectivity index (χ1) is 6.69. The molecule has 0 aromatic heterocycles. The van der Waals surface area contributed by atoms with Crippen LogP contribution < -0.4 is 5.73 Å². The summed E-state index contributed by atoms with van der Waals surface area (Å²) in [5, 5.41) is 8.80. The summed E-state index contributed by atoms with van der Waals surface area (Å²) in [5.41, 5.74) is 6.85. The minimum atomic E-state index is -0.401. The van der Waals surface area contributed by atoms with Crippen LogP contribution in [0.2, 0.25) is 0 Å². The van der Waals surface area contributed by atoms with Gasteiger partial charge in [0.2, 0.25) is 0 Å². The van der Waals surface area contributed by atoms with Crippen molar-refractivity contribution in [1.82, 2.24) is 0 Å². The average molecular weight is 232 g/mol. The number of hydrogen-bond donors (Lipinski definition) is 2. The molecule has 0 aliphatic rings. The third kappa shape index (κ3) is 3.51. The highest BCUT2D eigenvalue weighted by molar-refractivity contribution is 5.89. The largest absolute Gasteiger partial charge is 0.465 e. The number of esters is 1. The van der Waals surface area contributed by atoms with Gasteiger partial charge in [-0.2, -0.15) is 0 Å². The molecule has 4 nitrogen and oxygen atoms in total. The minimum Gasteiger partial charge on any atom is -0.465 e. The number of methoxy groups -OCH3 is 1. The van der Waals surface area contributed by atoms with Crippen molar-refractivity contribution in [2.45, 2.75) is 6.04 Å². The smallest absolute Gasteiger partial charge is 0.337 e. The Kier molecular flexibility index (Phi) is 5.93. The highest BCUT2D eigenvalue weighted by Crippen LogP contribution is 2.11. The van der Waals surface area contributed by atoms with Crippen molar-refractivity contribution in [3.8, 4) is 0 Å². The van der Waals surface area contributed by atoms with Crippen LogP contribution in [0.4, 0.5) is 0 Å². The monoisotopic (exact) mass is 231 g/mol. The summed E-state index contributed by atoms with van der Waals surface area (Å²) in [7, 11) is 1.33. The van der Waals surface area contributed by atoms with E-state index in [0.29, 0.717) is 5.56 Å². The van der Waals surface area contributed by atoms with Crippen LogP contribution in [-0.2, 0) is 4.74 Å². The molecule has 0 bridgehead atoms. The Morgan fingerprint density at radius 2 is 2.00 bits per heavy atom. The van der Waals surface area contributed by atoms with Crippen LogP contribution in [0.3, 0.4) is 0 Å². The van der Waals surface area contributed by atoms with E-state index >= 15 is 0 Å². The van der Waals surface area contributed by atoms with Gasteiger partial charge in [0, 0.05) is 0 Å². The van der Waals surface area contributed by atoms with Crippen molar-refractivity contribution in [2.24, 2.45) is 5.73 Å². The Bertz CT molecular complexity index is 313. The normalized spacial score (nSPS) is 11.4. The predicted octanol–water partition coefficient (Wildman–Crippen LogP) is 0.887. The summed E-state index contributed by atoms with van der Waals surface area (Å²) in [6.45, 7) is -0.114. The maximum Gasteiger partial charge on any atom is 0.337 e. The zero-order valence-electron chi connectivity index (χ0n) is 8.34. The molecular formula is C10H14ClNO3. The number of ether oxygens (including phenoxy) is 1. The van der Waals surface area contributed by atoms with Gasteiger partial charge in [0.25, 0.3) is 0 Å². The second kappa shape index (κ2) is 6.40. The molecule has 1 aromatic rings. The SMILES string of the molecule is COC(=O)c1ccc([C@@H](N)CO)cc1.Cl. The molecule has 3 N–H and O–H groups in total. The lowest BCUT2D eigenvalue weighted by Crippen LogP contribution is -2.14. The maximum atomic E-state index is 11.1. The highest BCUT2D eigenvalue weighted by atomic mass is 35.5. The first-order valence-electron chi connectivity index (χ1n) is 4.23. The van der Waals surface area contributed by atoms with Gasteiger partial charge in [-0.25, -0.2) is 4.79 Å². The fourth-order valence-electron chi connectivity index (χ4n) is 1.09. The summed E-state index contributed by atoms with van der Waals surface area (Å²) >= 11 is 0. The van der Waals surface area contributed by atoms with Crippen molar-refractivity contribution < 1.29 is 14.6 Å².